The predicted molar refractivity (Wildman–Crippen MR) is 70.5 cm³/mol. The summed E-state index contributed by atoms with van der Waals surface area (Å²) in [6, 6.07) is 3.96. The van der Waals surface area contributed by atoms with E-state index in [1.54, 1.807) is 6.20 Å². The van der Waals surface area contributed by atoms with Gasteiger partial charge in [-0.15, -0.1) is 0 Å². The Morgan fingerprint density at radius 1 is 1.41 bits per heavy atom. The molecule has 1 aromatic heterocycles. The minimum atomic E-state index is 0.502. The third-order valence-electron chi connectivity index (χ3n) is 3.10. The number of anilines is 2. The van der Waals surface area contributed by atoms with Crippen LogP contribution in [0, 0.1) is 0 Å². The largest absolute Gasteiger partial charge is 0.383 e. The third-order valence-corrected chi connectivity index (χ3v) is 3.10. The molecule has 1 aliphatic rings. The molecule has 0 atom stereocenters. The fraction of sp³-hybridized carbons (Fsp3) is 0.615. The molecule has 4 heteroatoms. The lowest BCUT2D eigenvalue weighted by Gasteiger charge is -2.12. The smallest absolute Gasteiger partial charge is 0.127 e. The molecule has 0 saturated heterocycles. The monoisotopic (exact) mass is 235 g/mol. The van der Waals surface area contributed by atoms with Crippen molar-refractivity contribution in [2.75, 3.05) is 30.8 Å². The number of nitrogens with one attached hydrogen (secondary N) is 2. The van der Waals surface area contributed by atoms with Crippen LogP contribution in [0.3, 0.4) is 0 Å². The molecule has 0 spiro atoms. The van der Waals surface area contributed by atoms with Gasteiger partial charge in [0.25, 0.3) is 0 Å². The highest BCUT2D eigenvalue weighted by Gasteiger charge is 2.14. The van der Waals surface area contributed by atoms with Crippen molar-refractivity contribution in [3.63, 3.8) is 0 Å². The quantitative estimate of drug-likeness (QED) is 0.744. The molecule has 0 bridgehead atoms. The Kier molecular flexibility index (Phi) is 4.62. The Hall–Kier alpha value is -1.29. The molecule has 0 aromatic carbocycles. The van der Waals surface area contributed by atoms with Gasteiger partial charge in [-0.2, -0.15) is 0 Å². The maximum absolute atomic E-state index is 5.79. The van der Waals surface area contributed by atoms with E-state index in [1.165, 1.54) is 25.7 Å². The van der Waals surface area contributed by atoms with Crippen LogP contribution < -0.4 is 10.6 Å². The summed E-state index contributed by atoms with van der Waals surface area (Å²) in [6.07, 6.45) is 7.42. The molecular formula is C13H21N3O. The van der Waals surface area contributed by atoms with Crippen LogP contribution in [0.15, 0.2) is 18.3 Å². The summed E-state index contributed by atoms with van der Waals surface area (Å²) in [6.45, 7) is 1.63. The SMILES string of the molecule is CNc1cc(NCCOC2CCCC2)ccn1. The Bertz CT molecular complexity index is 337. The first-order valence-electron chi connectivity index (χ1n) is 6.38. The van der Waals surface area contributed by atoms with Gasteiger partial charge in [0.15, 0.2) is 0 Å². The number of hydrogen-bond donors (Lipinski definition) is 2. The molecule has 0 radical (unpaired) electrons. The molecule has 4 nitrogen and oxygen atoms in total. The summed E-state index contributed by atoms with van der Waals surface area (Å²) >= 11 is 0. The fourth-order valence-corrected chi connectivity index (χ4v) is 2.15. The first-order valence-corrected chi connectivity index (χ1v) is 6.38. The van der Waals surface area contributed by atoms with Crippen molar-refractivity contribution >= 4 is 11.5 Å². The zero-order valence-corrected chi connectivity index (χ0v) is 10.4. The van der Waals surface area contributed by atoms with E-state index in [0.29, 0.717) is 6.10 Å². The van der Waals surface area contributed by atoms with E-state index >= 15 is 0 Å². The van der Waals surface area contributed by atoms with Gasteiger partial charge in [-0.05, 0) is 18.9 Å². The van der Waals surface area contributed by atoms with Crippen molar-refractivity contribution in [3.05, 3.63) is 18.3 Å². The van der Waals surface area contributed by atoms with Crippen molar-refractivity contribution in [2.45, 2.75) is 31.8 Å². The Morgan fingerprint density at radius 2 is 2.24 bits per heavy atom. The molecule has 2 N–H and O–H groups in total. The van der Waals surface area contributed by atoms with Crippen molar-refractivity contribution in [1.82, 2.24) is 4.98 Å². The summed E-state index contributed by atoms with van der Waals surface area (Å²) in [4.78, 5) is 4.17. The lowest BCUT2D eigenvalue weighted by atomic mass is 10.3. The average molecular weight is 235 g/mol. The number of pyridine rings is 1. The summed E-state index contributed by atoms with van der Waals surface area (Å²) in [5.41, 5.74) is 1.08. The number of nitrogens with zero attached hydrogens (tertiary/aromatic N) is 1. The maximum Gasteiger partial charge on any atom is 0.127 e. The summed E-state index contributed by atoms with van der Waals surface area (Å²) in [7, 11) is 1.87. The average Bonchev–Trinajstić information content (AvgIpc) is 2.88. The number of aromatic nitrogens is 1. The molecule has 0 unspecified atom stereocenters. The molecule has 1 fully saturated rings. The zero-order valence-electron chi connectivity index (χ0n) is 10.4. The van der Waals surface area contributed by atoms with Crippen LogP contribution >= 0.6 is 0 Å². The van der Waals surface area contributed by atoms with Gasteiger partial charge in [-0.1, -0.05) is 12.8 Å². The topological polar surface area (TPSA) is 46.2 Å². The van der Waals surface area contributed by atoms with Crippen LogP contribution in [0.5, 0.6) is 0 Å². The van der Waals surface area contributed by atoms with Crippen molar-refractivity contribution in [1.29, 1.82) is 0 Å². The third kappa shape index (κ3) is 3.89. The van der Waals surface area contributed by atoms with E-state index in [4.69, 9.17) is 4.74 Å². The molecule has 17 heavy (non-hydrogen) atoms. The van der Waals surface area contributed by atoms with Crippen molar-refractivity contribution < 1.29 is 4.74 Å². The summed E-state index contributed by atoms with van der Waals surface area (Å²) in [5, 5.41) is 6.36. The van der Waals surface area contributed by atoms with E-state index in [0.717, 1.165) is 24.7 Å². The van der Waals surface area contributed by atoms with Gasteiger partial charge < -0.3 is 15.4 Å². The molecule has 1 aliphatic carbocycles. The minimum Gasteiger partial charge on any atom is -0.383 e. The van der Waals surface area contributed by atoms with Gasteiger partial charge >= 0.3 is 0 Å². The van der Waals surface area contributed by atoms with Gasteiger partial charge in [-0.3, -0.25) is 0 Å². The molecule has 1 saturated carbocycles. The van der Waals surface area contributed by atoms with Gasteiger partial charge in [-0.25, -0.2) is 4.98 Å². The zero-order chi connectivity index (χ0) is 11.9. The van der Waals surface area contributed by atoms with Gasteiger partial charge in [0.1, 0.15) is 5.82 Å². The Labute approximate surface area is 103 Å². The van der Waals surface area contributed by atoms with Crippen LogP contribution in [0.1, 0.15) is 25.7 Å². The predicted octanol–water partition coefficient (Wildman–Crippen LogP) is 2.49. The van der Waals surface area contributed by atoms with Crippen molar-refractivity contribution in [3.8, 4) is 0 Å². The molecule has 1 heterocycles. The second kappa shape index (κ2) is 6.45. The highest BCUT2D eigenvalue weighted by Crippen LogP contribution is 2.20. The molecule has 0 amide bonds. The Balaban J connectivity index is 1.66. The van der Waals surface area contributed by atoms with Crippen LogP contribution in [0.4, 0.5) is 11.5 Å². The van der Waals surface area contributed by atoms with Gasteiger partial charge in [0.2, 0.25) is 0 Å². The second-order valence-electron chi connectivity index (χ2n) is 4.38. The van der Waals surface area contributed by atoms with E-state index < -0.39 is 0 Å². The molecule has 2 rings (SSSR count). The molecule has 94 valence electrons. The number of ether oxygens (including phenoxy) is 1. The van der Waals surface area contributed by atoms with Crippen LogP contribution in [-0.2, 0) is 4.74 Å². The van der Waals surface area contributed by atoms with Gasteiger partial charge in [0, 0.05) is 31.5 Å². The Morgan fingerprint density at radius 3 is 3.00 bits per heavy atom. The molecule has 1 aromatic rings. The van der Waals surface area contributed by atoms with Crippen molar-refractivity contribution in [2.24, 2.45) is 0 Å². The highest BCUT2D eigenvalue weighted by molar-refractivity contribution is 5.51. The molecular weight excluding hydrogens is 214 g/mol. The first kappa shape index (κ1) is 12.2. The van der Waals surface area contributed by atoms with Gasteiger partial charge in [0.05, 0.1) is 12.7 Å². The minimum absolute atomic E-state index is 0.502. The van der Waals surface area contributed by atoms with Crippen LogP contribution in [-0.4, -0.2) is 31.3 Å². The van der Waals surface area contributed by atoms with E-state index in [-0.39, 0.29) is 0 Å². The summed E-state index contributed by atoms with van der Waals surface area (Å²) in [5.74, 6) is 0.881. The van der Waals surface area contributed by atoms with E-state index in [2.05, 4.69) is 15.6 Å². The lowest BCUT2D eigenvalue weighted by Crippen LogP contribution is -2.15. The van der Waals surface area contributed by atoms with Crippen LogP contribution in [0.25, 0.3) is 0 Å². The normalized spacial score (nSPS) is 16.1. The first-order chi connectivity index (χ1) is 8.38. The maximum atomic E-state index is 5.79. The molecule has 0 aliphatic heterocycles. The van der Waals surface area contributed by atoms with Crippen LogP contribution in [0.2, 0.25) is 0 Å². The van der Waals surface area contributed by atoms with E-state index in [1.807, 2.05) is 19.2 Å². The van der Waals surface area contributed by atoms with E-state index in [9.17, 15) is 0 Å². The fourth-order valence-electron chi connectivity index (χ4n) is 2.15. The second-order valence-corrected chi connectivity index (χ2v) is 4.38. The lowest BCUT2D eigenvalue weighted by molar-refractivity contribution is 0.0659. The standard InChI is InChI=1S/C13H21N3O/c1-14-13-10-11(6-7-16-13)15-8-9-17-12-4-2-3-5-12/h6-7,10,12H,2-5,8-9H2,1H3,(H2,14,15,16). The highest BCUT2D eigenvalue weighted by atomic mass is 16.5. The number of rotatable bonds is 6. The number of hydrogen-bond acceptors (Lipinski definition) is 4. The summed E-state index contributed by atoms with van der Waals surface area (Å²) < 4.78 is 5.79.